The van der Waals surface area contributed by atoms with Crippen LogP contribution in [-0.2, 0) is 6.42 Å². The third kappa shape index (κ3) is 4.47. The summed E-state index contributed by atoms with van der Waals surface area (Å²) in [5, 5.41) is 0. The second-order valence-corrected chi connectivity index (χ2v) is 7.80. The van der Waals surface area contributed by atoms with Gasteiger partial charge in [-0.2, -0.15) is 0 Å². The van der Waals surface area contributed by atoms with Gasteiger partial charge in [-0.3, -0.25) is 9.97 Å². The average molecular weight is 360 g/mol. The van der Waals surface area contributed by atoms with Crippen LogP contribution in [0.15, 0.2) is 54.9 Å². The fraction of sp³-hybridized carbons (Fsp3) is 0.417. The highest BCUT2D eigenvalue weighted by molar-refractivity contribution is 5.80. The van der Waals surface area contributed by atoms with Crippen molar-refractivity contribution in [3.05, 3.63) is 71.8 Å². The van der Waals surface area contributed by atoms with Gasteiger partial charge in [0, 0.05) is 31.2 Å². The highest BCUT2D eigenvalue weighted by Gasteiger charge is 2.20. The third-order valence-corrected chi connectivity index (χ3v) is 5.73. The van der Waals surface area contributed by atoms with Gasteiger partial charge in [-0.25, -0.2) is 0 Å². The maximum atomic E-state index is 4.74. The van der Waals surface area contributed by atoms with E-state index in [0.717, 1.165) is 43.2 Å². The Bertz CT molecular complexity index is 837. The number of aromatic nitrogens is 2. The van der Waals surface area contributed by atoms with Crippen LogP contribution in [0.5, 0.6) is 0 Å². The first kappa shape index (κ1) is 18.0. The highest BCUT2D eigenvalue weighted by Crippen LogP contribution is 2.31. The Hall–Kier alpha value is -2.42. The first-order chi connectivity index (χ1) is 13.3. The van der Waals surface area contributed by atoms with Crippen molar-refractivity contribution in [2.75, 3.05) is 18.0 Å². The Morgan fingerprint density at radius 1 is 1.07 bits per heavy atom. The van der Waals surface area contributed by atoms with Crippen LogP contribution in [-0.4, -0.2) is 23.1 Å². The molecule has 3 heterocycles. The minimum Gasteiger partial charge on any atom is -0.370 e. The van der Waals surface area contributed by atoms with Crippen molar-refractivity contribution >= 4 is 11.3 Å². The molecule has 0 N–H and O–H groups in total. The number of anilines is 1. The summed E-state index contributed by atoms with van der Waals surface area (Å²) in [6.45, 7) is 4.32. The molecule has 1 unspecified atom stereocenters. The summed E-state index contributed by atoms with van der Waals surface area (Å²) in [5.41, 5.74) is 6.29. The van der Waals surface area contributed by atoms with Gasteiger partial charge in [-0.1, -0.05) is 18.2 Å². The molecule has 3 heteroatoms. The lowest BCUT2D eigenvalue weighted by atomic mass is 9.93. The molecule has 0 saturated carbocycles. The van der Waals surface area contributed by atoms with Crippen LogP contribution < -0.4 is 4.90 Å². The summed E-state index contributed by atoms with van der Waals surface area (Å²) in [7, 11) is 0. The van der Waals surface area contributed by atoms with E-state index in [1.165, 1.54) is 42.5 Å². The number of nitrogens with zero attached hydrogens (tertiary/aromatic N) is 3. The van der Waals surface area contributed by atoms with Gasteiger partial charge in [0.15, 0.2) is 0 Å². The molecule has 1 saturated heterocycles. The highest BCUT2D eigenvalue weighted by atomic mass is 15.1. The van der Waals surface area contributed by atoms with E-state index in [0.29, 0.717) is 0 Å². The van der Waals surface area contributed by atoms with E-state index in [4.69, 9.17) is 4.98 Å². The zero-order chi connectivity index (χ0) is 18.5. The predicted octanol–water partition coefficient (Wildman–Crippen LogP) is 5.37. The van der Waals surface area contributed by atoms with E-state index >= 15 is 0 Å². The SMILES string of the molecule is Cc1cc(CC2CCCN(c3cccnc3C3=CCCC=C3)CC2)ccn1. The van der Waals surface area contributed by atoms with Crippen LogP contribution in [0.4, 0.5) is 5.69 Å². The molecule has 0 bridgehead atoms. The molecule has 2 aliphatic rings. The van der Waals surface area contributed by atoms with E-state index in [2.05, 4.69) is 59.3 Å². The first-order valence-corrected chi connectivity index (χ1v) is 10.3. The Balaban J connectivity index is 1.47. The summed E-state index contributed by atoms with van der Waals surface area (Å²) >= 11 is 0. The van der Waals surface area contributed by atoms with Crippen LogP contribution in [0, 0.1) is 12.8 Å². The maximum absolute atomic E-state index is 4.74. The van der Waals surface area contributed by atoms with Crippen LogP contribution in [0.1, 0.15) is 49.1 Å². The lowest BCUT2D eigenvalue weighted by Gasteiger charge is -2.25. The standard InChI is InChI=1S/C24H29N3/c1-19-17-21(11-14-25-19)18-20-7-6-15-27(16-12-20)23-10-5-13-26-24(23)22-8-3-2-4-9-22/h3,5,8-11,13-14,17,20H,2,4,6-7,12,15-16,18H2,1H3. The van der Waals surface area contributed by atoms with E-state index in [1.807, 2.05) is 12.4 Å². The monoisotopic (exact) mass is 359 g/mol. The first-order valence-electron chi connectivity index (χ1n) is 10.3. The van der Waals surface area contributed by atoms with E-state index < -0.39 is 0 Å². The second-order valence-electron chi connectivity index (χ2n) is 7.80. The molecule has 2 aromatic rings. The Labute approximate surface area is 162 Å². The second kappa shape index (κ2) is 8.51. The summed E-state index contributed by atoms with van der Waals surface area (Å²) in [4.78, 5) is 11.6. The number of hydrogen-bond donors (Lipinski definition) is 0. The molecule has 2 aromatic heterocycles. The van der Waals surface area contributed by atoms with E-state index in [-0.39, 0.29) is 0 Å². The molecule has 3 nitrogen and oxygen atoms in total. The smallest absolute Gasteiger partial charge is 0.0931 e. The zero-order valence-corrected chi connectivity index (χ0v) is 16.3. The third-order valence-electron chi connectivity index (χ3n) is 5.73. The molecule has 4 rings (SSSR count). The van der Waals surface area contributed by atoms with Gasteiger partial charge in [0.1, 0.15) is 0 Å². The molecule has 27 heavy (non-hydrogen) atoms. The van der Waals surface area contributed by atoms with Crippen molar-refractivity contribution in [3.63, 3.8) is 0 Å². The predicted molar refractivity (Wildman–Crippen MR) is 113 cm³/mol. The Kier molecular flexibility index (Phi) is 5.66. The van der Waals surface area contributed by atoms with Crippen molar-refractivity contribution in [1.29, 1.82) is 0 Å². The molecule has 1 atom stereocenters. The Morgan fingerprint density at radius 2 is 2.04 bits per heavy atom. The van der Waals surface area contributed by atoms with Crippen LogP contribution >= 0.6 is 0 Å². The molecule has 1 aliphatic carbocycles. The van der Waals surface area contributed by atoms with Crippen molar-refractivity contribution in [2.45, 2.75) is 45.4 Å². The summed E-state index contributed by atoms with van der Waals surface area (Å²) in [5.74, 6) is 0.755. The van der Waals surface area contributed by atoms with Crippen molar-refractivity contribution < 1.29 is 0 Å². The molecule has 0 amide bonds. The minimum atomic E-state index is 0.755. The minimum absolute atomic E-state index is 0.755. The van der Waals surface area contributed by atoms with Gasteiger partial charge >= 0.3 is 0 Å². The van der Waals surface area contributed by atoms with Gasteiger partial charge in [0.25, 0.3) is 0 Å². The molecule has 140 valence electrons. The molecular formula is C24H29N3. The molecule has 0 radical (unpaired) electrons. The molecule has 0 spiro atoms. The summed E-state index contributed by atoms with van der Waals surface area (Å²) < 4.78 is 0. The maximum Gasteiger partial charge on any atom is 0.0931 e. The summed E-state index contributed by atoms with van der Waals surface area (Å²) in [6, 6.07) is 8.74. The van der Waals surface area contributed by atoms with Gasteiger partial charge < -0.3 is 4.90 Å². The van der Waals surface area contributed by atoms with Crippen molar-refractivity contribution in [1.82, 2.24) is 9.97 Å². The quantitative estimate of drug-likeness (QED) is 0.735. The van der Waals surface area contributed by atoms with E-state index in [9.17, 15) is 0 Å². The van der Waals surface area contributed by atoms with Gasteiger partial charge in [0.05, 0.1) is 11.4 Å². The van der Waals surface area contributed by atoms with Crippen molar-refractivity contribution in [3.8, 4) is 0 Å². The fourth-order valence-corrected chi connectivity index (χ4v) is 4.34. The van der Waals surface area contributed by atoms with Gasteiger partial charge in [0.2, 0.25) is 0 Å². The van der Waals surface area contributed by atoms with Crippen LogP contribution in [0.3, 0.4) is 0 Å². The number of pyridine rings is 2. The molecule has 0 aromatic carbocycles. The summed E-state index contributed by atoms with van der Waals surface area (Å²) in [6.07, 6.45) is 17.9. The van der Waals surface area contributed by atoms with Crippen LogP contribution in [0.25, 0.3) is 5.57 Å². The molecule has 1 aliphatic heterocycles. The fourth-order valence-electron chi connectivity index (χ4n) is 4.34. The lowest BCUT2D eigenvalue weighted by molar-refractivity contribution is 0.471. The van der Waals surface area contributed by atoms with Gasteiger partial charge in [-0.05, 0) is 86.8 Å². The molecule has 1 fully saturated rings. The van der Waals surface area contributed by atoms with Crippen molar-refractivity contribution in [2.24, 2.45) is 5.92 Å². The number of aryl methyl sites for hydroxylation is 1. The normalized spacial score (nSPS) is 20.3. The van der Waals surface area contributed by atoms with Crippen LogP contribution in [0.2, 0.25) is 0 Å². The van der Waals surface area contributed by atoms with E-state index in [1.54, 1.807) is 0 Å². The number of rotatable bonds is 4. The largest absolute Gasteiger partial charge is 0.370 e. The Morgan fingerprint density at radius 3 is 2.89 bits per heavy atom. The zero-order valence-electron chi connectivity index (χ0n) is 16.3. The number of allylic oxidation sites excluding steroid dienone is 4. The molecular weight excluding hydrogens is 330 g/mol. The lowest BCUT2D eigenvalue weighted by Crippen LogP contribution is -2.25. The topological polar surface area (TPSA) is 29.0 Å². The average Bonchev–Trinajstić information content (AvgIpc) is 2.94. The number of hydrogen-bond acceptors (Lipinski definition) is 3. The van der Waals surface area contributed by atoms with Gasteiger partial charge in [-0.15, -0.1) is 0 Å².